The van der Waals surface area contributed by atoms with E-state index in [1.54, 1.807) is 14.2 Å². The van der Waals surface area contributed by atoms with Crippen LogP contribution in [0.5, 0.6) is 11.5 Å². The summed E-state index contributed by atoms with van der Waals surface area (Å²) in [7, 11) is 3.27. The second-order valence-electron chi connectivity index (χ2n) is 5.51. The first-order chi connectivity index (χ1) is 12.1. The largest absolute Gasteiger partial charge is 0.497 e. The second-order valence-corrected chi connectivity index (χ2v) is 5.51. The lowest BCUT2D eigenvalue weighted by atomic mass is 10.1. The average Bonchev–Trinajstić information content (AvgIpc) is 2.61. The van der Waals surface area contributed by atoms with E-state index in [9.17, 15) is 0 Å². The van der Waals surface area contributed by atoms with E-state index in [0.717, 1.165) is 28.3 Å². The zero-order chi connectivity index (χ0) is 18.1. The maximum Gasteiger partial charge on any atom is 0.193 e. The summed E-state index contributed by atoms with van der Waals surface area (Å²) in [4.78, 5) is 4.39. The quantitative estimate of drug-likeness (QED) is 0.267. The van der Waals surface area contributed by atoms with Crippen LogP contribution in [0.3, 0.4) is 0 Å². The van der Waals surface area contributed by atoms with Gasteiger partial charge in [0.1, 0.15) is 18.1 Å². The minimum atomic E-state index is 0. The third kappa shape index (κ3) is 7.09. The summed E-state index contributed by atoms with van der Waals surface area (Å²) in [6, 6.07) is 13.5. The molecule has 26 heavy (non-hydrogen) atoms. The van der Waals surface area contributed by atoms with Gasteiger partial charge in [0.2, 0.25) is 0 Å². The van der Waals surface area contributed by atoms with E-state index in [0.29, 0.717) is 25.7 Å². The number of hydrogen-bond donors (Lipinski definition) is 2. The molecule has 0 unspecified atom stereocenters. The van der Waals surface area contributed by atoms with Gasteiger partial charge in [-0.3, -0.25) is 0 Å². The molecule has 2 rings (SSSR count). The number of anilines is 1. The molecule has 0 aliphatic rings. The van der Waals surface area contributed by atoms with Crippen molar-refractivity contribution < 1.29 is 14.2 Å². The van der Waals surface area contributed by atoms with E-state index >= 15 is 0 Å². The van der Waals surface area contributed by atoms with Gasteiger partial charge in [-0.2, -0.15) is 0 Å². The number of rotatable bonds is 8. The first kappa shape index (κ1) is 22.0. The molecule has 0 amide bonds. The fourth-order valence-corrected chi connectivity index (χ4v) is 2.22. The van der Waals surface area contributed by atoms with Gasteiger partial charge in [0, 0.05) is 24.4 Å². The Kier molecular flexibility index (Phi) is 9.82. The van der Waals surface area contributed by atoms with Crippen LogP contribution in [0, 0.1) is 6.92 Å². The molecule has 2 aromatic carbocycles. The Labute approximate surface area is 171 Å². The van der Waals surface area contributed by atoms with Gasteiger partial charge in [0.05, 0.1) is 20.3 Å². The number of nitrogens with two attached hydrogens (primary N) is 1. The van der Waals surface area contributed by atoms with Crippen LogP contribution >= 0.6 is 24.0 Å². The Hall–Kier alpha value is -2.00. The number of aliphatic imine (C=N–C) groups is 1. The van der Waals surface area contributed by atoms with E-state index in [2.05, 4.69) is 10.3 Å². The van der Waals surface area contributed by atoms with Crippen LogP contribution in [-0.2, 0) is 11.3 Å². The van der Waals surface area contributed by atoms with Gasteiger partial charge in [0.25, 0.3) is 0 Å². The first-order valence-corrected chi connectivity index (χ1v) is 8.04. The number of nitrogens with zero attached hydrogens (tertiary/aromatic N) is 1. The standard InChI is InChI=1S/C19H25N3O3.HI/c1-14-7-8-15(18(11-14)25-10-9-23-2)13-21-19(20)22-16-5-4-6-17(12-16)24-3;/h4-8,11-12H,9-10,13H2,1-3H3,(H3,20,21,22);1H. The minimum Gasteiger partial charge on any atom is -0.497 e. The lowest BCUT2D eigenvalue weighted by Gasteiger charge is -2.12. The van der Waals surface area contributed by atoms with Gasteiger partial charge in [-0.1, -0.05) is 18.2 Å². The fourth-order valence-electron chi connectivity index (χ4n) is 2.22. The van der Waals surface area contributed by atoms with Crippen molar-refractivity contribution in [1.29, 1.82) is 0 Å². The first-order valence-electron chi connectivity index (χ1n) is 8.04. The summed E-state index contributed by atoms with van der Waals surface area (Å²) in [5.41, 5.74) is 8.90. The highest BCUT2D eigenvalue weighted by Gasteiger charge is 2.05. The molecule has 0 atom stereocenters. The number of methoxy groups -OCH3 is 2. The molecule has 0 radical (unpaired) electrons. The predicted molar refractivity (Wildman–Crippen MR) is 116 cm³/mol. The van der Waals surface area contributed by atoms with Gasteiger partial charge >= 0.3 is 0 Å². The zero-order valence-electron chi connectivity index (χ0n) is 15.3. The van der Waals surface area contributed by atoms with Crippen molar-refractivity contribution in [3.63, 3.8) is 0 Å². The van der Waals surface area contributed by atoms with Gasteiger partial charge in [0.15, 0.2) is 5.96 Å². The number of benzene rings is 2. The molecule has 0 aliphatic carbocycles. The maximum atomic E-state index is 5.98. The highest BCUT2D eigenvalue weighted by Crippen LogP contribution is 2.21. The molecule has 3 N–H and O–H groups in total. The molecule has 2 aromatic rings. The van der Waals surface area contributed by atoms with Crippen molar-refractivity contribution in [3.8, 4) is 11.5 Å². The van der Waals surface area contributed by atoms with Gasteiger partial charge in [-0.05, 0) is 30.7 Å². The second kappa shape index (κ2) is 11.6. The van der Waals surface area contributed by atoms with E-state index in [1.807, 2.05) is 49.4 Å². The Morgan fingerprint density at radius 3 is 2.65 bits per heavy atom. The third-order valence-electron chi connectivity index (χ3n) is 3.53. The van der Waals surface area contributed by atoms with Crippen molar-refractivity contribution in [2.45, 2.75) is 13.5 Å². The molecule has 7 heteroatoms. The van der Waals surface area contributed by atoms with Crippen LogP contribution in [0.4, 0.5) is 5.69 Å². The number of guanidine groups is 1. The van der Waals surface area contributed by atoms with Crippen LogP contribution in [0.1, 0.15) is 11.1 Å². The van der Waals surface area contributed by atoms with Gasteiger partial charge in [-0.25, -0.2) is 4.99 Å². The summed E-state index contributed by atoms with van der Waals surface area (Å²) in [5, 5.41) is 3.06. The molecule has 142 valence electrons. The van der Waals surface area contributed by atoms with E-state index in [4.69, 9.17) is 19.9 Å². The van der Waals surface area contributed by atoms with Gasteiger partial charge < -0.3 is 25.3 Å². The Balaban J connectivity index is 0.00000338. The molecule has 0 fully saturated rings. The SMILES string of the molecule is COCCOc1cc(C)ccc1CN=C(N)Nc1cccc(OC)c1.I. The van der Waals surface area contributed by atoms with Crippen molar-refractivity contribution in [1.82, 2.24) is 0 Å². The van der Waals surface area contributed by atoms with E-state index in [1.165, 1.54) is 0 Å². The number of nitrogens with one attached hydrogen (secondary N) is 1. The molecule has 0 saturated heterocycles. The van der Waals surface area contributed by atoms with Crippen LogP contribution < -0.4 is 20.5 Å². The Bertz CT molecular complexity index is 723. The molecule has 0 bridgehead atoms. The monoisotopic (exact) mass is 471 g/mol. The van der Waals surface area contributed by atoms with Crippen molar-refractivity contribution >= 4 is 35.6 Å². The van der Waals surface area contributed by atoms with Crippen LogP contribution in [0.2, 0.25) is 0 Å². The summed E-state index contributed by atoms with van der Waals surface area (Å²) in [6.45, 7) is 3.48. The van der Waals surface area contributed by atoms with E-state index in [-0.39, 0.29) is 24.0 Å². The smallest absolute Gasteiger partial charge is 0.193 e. The highest BCUT2D eigenvalue weighted by atomic mass is 127. The van der Waals surface area contributed by atoms with Crippen LogP contribution in [-0.4, -0.2) is 33.4 Å². The molecule has 6 nitrogen and oxygen atoms in total. The summed E-state index contributed by atoms with van der Waals surface area (Å²) in [5.74, 6) is 1.89. The number of aryl methyl sites for hydroxylation is 1. The van der Waals surface area contributed by atoms with Crippen molar-refractivity contribution in [3.05, 3.63) is 53.6 Å². The normalized spacial score (nSPS) is 10.8. The average molecular weight is 471 g/mol. The molecule has 0 saturated carbocycles. The summed E-state index contributed by atoms with van der Waals surface area (Å²) >= 11 is 0. The van der Waals surface area contributed by atoms with E-state index < -0.39 is 0 Å². The predicted octanol–water partition coefficient (Wildman–Crippen LogP) is 3.57. The third-order valence-corrected chi connectivity index (χ3v) is 3.53. The van der Waals surface area contributed by atoms with Crippen LogP contribution in [0.15, 0.2) is 47.5 Å². The maximum absolute atomic E-state index is 5.98. The Morgan fingerprint density at radius 2 is 1.92 bits per heavy atom. The highest BCUT2D eigenvalue weighted by molar-refractivity contribution is 14.0. The number of ether oxygens (including phenoxy) is 3. The number of hydrogen-bond acceptors (Lipinski definition) is 4. The summed E-state index contributed by atoms with van der Waals surface area (Å²) in [6.07, 6.45) is 0. The topological polar surface area (TPSA) is 78.1 Å². The van der Waals surface area contributed by atoms with Crippen molar-refractivity contribution in [2.24, 2.45) is 10.7 Å². The molecular formula is C19H26IN3O3. The lowest BCUT2D eigenvalue weighted by molar-refractivity contribution is 0.146. The molecule has 0 heterocycles. The zero-order valence-corrected chi connectivity index (χ0v) is 17.7. The summed E-state index contributed by atoms with van der Waals surface area (Å²) < 4.78 is 16.0. The van der Waals surface area contributed by atoms with Gasteiger partial charge in [-0.15, -0.1) is 24.0 Å². The minimum absolute atomic E-state index is 0. The Morgan fingerprint density at radius 1 is 1.12 bits per heavy atom. The molecular weight excluding hydrogens is 445 g/mol. The fraction of sp³-hybridized carbons (Fsp3) is 0.316. The molecule has 0 spiro atoms. The number of halogens is 1. The molecule has 0 aliphatic heterocycles. The lowest BCUT2D eigenvalue weighted by Crippen LogP contribution is -2.22. The van der Waals surface area contributed by atoms with Crippen LogP contribution in [0.25, 0.3) is 0 Å². The van der Waals surface area contributed by atoms with Crippen molar-refractivity contribution in [2.75, 3.05) is 32.8 Å². The molecule has 0 aromatic heterocycles.